The first-order valence-corrected chi connectivity index (χ1v) is 14.2. The number of ether oxygens (including phenoxy) is 1. The molecular formula is C33H39N3O5. The number of carboxylic acids is 1. The Balaban J connectivity index is 1.64. The van der Waals surface area contributed by atoms with E-state index in [9.17, 15) is 19.5 Å². The molecule has 1 fully saturated rings. The third-order valence-corrected chi connectivity index (χ3v) is 7.60. The number of carbonyl (C=O) groups excluding carboxylic acids is 2. The van der Waals surface area contributed by atoms with E-state index in [0.29, 0.717) is 12.3 Å². The van der Waals surface area contributed by atoms with Crippen molar-refractivity contribution in [3.63, 3.8) is 0 Å². The van der Waals surface area contributed by atoms with Gasteiger partial charge >= 0.3 is 12.0 Å². The van der Waals surface area contributed by atoms with Gasteiger partial charge in [-0.3, -0.25) is 4.79 Å². The van der Waals surface area contributed by atoms with E-state index in [4.69, 9.17) is 4.74 Å². The van der Waals surface area contributed by atoms with Crippen LogP contribution < -0.4 is 20.7 Å². The fraction of sp³-hybridized carbons (Fsp3) is 0.364. The van der Waals surface area contributed by atoms with Crippen LogP contribution in [0.15, 0.2) is 54.6 Å². The zero-order valence-corrected chi connectivity index (χ0v) is 24.2. The molecule has 4 N–H and O–H groups in total. The predicted molar refractivity (Wildman–Crippen MR) is 162 cm³/mol. The number of aliphatic carboxylic acids is 1. The first kappa shape index (κ1) is 29.6. The molecule has 1 atom stereocenters. The predicted octanol–water partition coefficient (Wildman–Crippen LogP) is 7.08. The van der Waals surface area contributed by atoms with E-state index in [1.54, 1.807) is 18.2 Å². The number of hydrogen-bond donors (Lipinski definition) is 4. The van der Waals surface area contributed by atoms with Crippen molar-refractivity contribution in [1.82, 2.24) is 5.32 Å². The number of rotatable bonds is 9. The minimum absolute atomic E-state index is 0.125. The van der Waals surface area contributed by atoms with Crippen molar-refractivity contribution < 1.29 is 24.2 Å². The van der Waals surface area contributed by atoms with E-state index in [-0.39, 0.29) is 17.2 Å². The number of urea groups is 1. The van der Waals surface area contributed by atoms with Crippen LogP contribution in [0.25, 0.3) is 11.1 Å². The molecule has 8 heteroatoms. The van der Waals surface area contributed by atoms with E-state index >= 15 is 0 Å². The second-order valence-electron chi connectivity index (χ2n) is 10.8. The maximum absolute atomic E-state index is 13.5. The largest absolute Gasteiger partial charge is 0.494 e. The maximum atomic E-state index is 13.5. The van der Waals surface area contributed by atoms with Crippen molar-refractivity contribution in [2.45, 2.75) is 65.8 Å². The van der Waals surface area contributed by atoms with Crippen molar-refractivity contribution in [2.24, 2.45) is 5.92 Å². The summed E-state index contributed by atoms with van der Waals surface area (Å²) in [4.78, 5) is 38.9. The van der Waals surface area contributed by atoms with Gasteiger partial charge < -0.3 is 25.8 Å². The van der Waals surface area contributed by atoms with Crippen LogP contribution in [0, 0.1) is 26.7 Å². The number of nitrogens with one attached hydrogen (secondary N) is 3. The summed E-state index contributed by atoms with van der Waals surface area (Å²) < 4.78 is 5.55. The summed E-state index contributed by atoms with van der Waals surface area (Å²) in [6, 6.07) is 15.2. The zero-order chi connectivity index (χ0) is 29.5. The van der Waals surface area contributed by atoms with Crippen LogP contribution >= 0.6 is 0 Å². The minimum Gasteiger partial charge on any atom is -0.494 e. The number of hydrogen-bond acceptors (Lipinski definition) is 4. The summed E-state index contributed by atoms with van der Waals surface area (Å²) in [6.07, 6.45) is 4.50. The van der Waals surface area contributed by atoms with E-state index in [1.165, 1.54) is 0 Å². The molecule has 0 spiro atoms. The molecule has 0 aliphatic heterocycles. The topological polar surface area (TPSA) is 117 Å². The molecule has 4 rings (SSSR count). The van der Waals surface area contributed by atoms with Crippen molar-refractivity contribution in [1.29, 1.82) is 0 Å². The van der Waals surface area contributed by atoms with Crippen LogP contribution in [0.4, 0.5) is 16.2 Å². The monoisotopic (exact) mass is 557 g/mol. The van der Waals surface area contributed by atoms with Crippen LogP contribution in [0.2, 0.25) is 0 Å². The summed E-state index contributed by atoms with van der Waals surface area (Å²) in [6.45, 7) is 8.34. The summed E-state index contributed by atoms with van der Waals surface area (Å²) >= 11 is 0. The van der Waals surface area contributed by atoms with Crippen LogP contribution in [-0.4, -0.2) is 35.7 Å². The second kappa shape index (κ2) is 13.4. The van der Waals surface area contributed by atoms with E-state index in [0.717, 1.165) is 65.7 Å². The molecule has 0 unspecified atom stereocenters. The number of benzene rings is 3. The molecule has 0 aromatic heterocycles. The summed E-state index contributed by atoms with van der Waals surface area (Å²) in [5, 5.41) is 18.4. The van der Waals surface area contributed by atoms with Gasteiger partial charge in [0.2, 0.25) is 0 Å². The van der Waals surface area contributed by atoms with Crippen molar-refractivity contribution in [3.8, 4) is 16.9 Å². The molecule has 1 saturated carbocycles. The first-order valence-electron chi connectivity index (χ1n) is 14.2. The first-order chi connectivity index (χ1) is 19.7. The molecular weight excluding hydrogens is 518 g/mol. The molecule has 1 aliphatic rings. The molecule has 0 bridgehead atoms. The van der Waals surface area contributed by atoms with Gasteiger partial charge in [0.1, 0.15) is 11.8 Å². The summed E-state index contributed by atoms with van der Waals surface area (Å²) in [5.41, 5.74) is 5.77. The lowest BCUT2D eigenvalue weighted by Gasteiger charge is -2.28. The Labute approximate surface area is 241 Å². The van der Waals surface area contributed by atoms with Crippen molar-refractivity contribution >= 4 is 29.3 Å². The van der Waals surface area contributed by atoms with Crippen molar-refractivity contribution in [2.75, 3.05) is 17.2 Å². The quantitative estimate of drug-likeness (QED) is 0.224. The molecule has 8 nitrogen and oxygen atoms in total. The molecule has 3 aromatic rings. The SMILES string of the molecule is CCOc1ccc(-c2ccc(C(=O)N[C@H](C(=O)O)C3CCCCC3)c(NC(=O)Nc3c(C)cc(C)cc3C)c2)cc1. The third-order valence-electron chi connectivity index (χ3n) is 7.60. The Kier molecular flexibility index (Phi) is 9.65. The van der Waals surface area contributed by atoms with E-state index < -0.39 is 23.9 Å². The molecule has 0 radical (unpaired) electrons. The van der Waals surface area contributed by atoms with Gasteiger partial charge in [0, 0.05) is 5.69 Å². The number of anilines is 2. The van der Waals surface area contributed by atoms with Gasteiger partial charge in [0.05, 0.1) is 17.9 Å². The molecule has 41 heavy (non-hydrogen) atoms. The Morgan fingerprint density at radius 2 is 1.51 bits per heavy atom. The van der Waals surface area contributed by atoms with Gasteiger partial charge in [-0.15, -0.1) is 0 Å². The molecule has 3 amide bonds. The summed E-state index contributed by atoms with van der Waals surface area (Å²) in [5.74, 6) is -0.968. The van der Waals surface area contributed by atoms with Gasteiger partial charge in [-0.25, -0.2) is 9.59 Å². The Bertz CT molecular complexity index is 1390. The van der Waals surface area contributed by atoms with Crippen molar-refractivity contribution in [3.05, 3.63) is 76.9 Å². The van der Waals surface area contributed by atoms with Gasteiger partial charge in [-0.1, -0.05) is 55.2 Å². The number of amides is 3. The molecule has 0 saturated heterocycles. The average molecular weight is 558 g/mol. The zero-order valence-electron chi connectivity index (χ0n) is 24.2. The van der Waals surface area contributed by atoms with Gasteiger partial charge in [-0.05, 0) is 93.0 Å². The average Bonchev–Trinajstić information content (AvgIpc) is 2.94. The number of carbonyl (C=O) groups is 3. The Hall–Kier alpha value is -4.33. The Morgan fingerprint density at radius 1 is 0.878 bits per heavy atom. The number of carboxylic acid groups (broad SMARTS) is 1. The normalized spacial score (nSPS) is 14.1. The number of aryl methyl sites for hydroxylation is 3. The molecule has 1 aliphatic carbocycles. The summed E-state index contributed by atoms with van der Waals surface area (Å²) in [7, 11) is 0. The highest BCUT2D eigenvalue weighted by atomic mass is 16.5. The lowest BCUT2D eigenvalue weighted by molar-refractivity contribution is -0.141. The molecule has 216 valence electrons. The smallest absolute Gasteiger partial charge is 0.326 e. The van der Waals surface area contributed by atoms with Gasteiger partial charge in [-0.2, -0.15) is 0 Å². The third kappa shape index (κ3) is 7.45. The van der Waals surface area contributed by atoms with Crippen LogP contribution in [-0.2, 0) is 4.79 Å². The highest BCUT2D eigenvalue weighted by Crippen LogP contribution is 2.30. The minimum atomic E-state index is -1.05. The van der Waals surface area contributed by atoms with Gasteiger partial charge in [0.15, 0.2) is 0 Å². The van der Waals surface area contributed by atoms with E-state index in [2.05, 4.69) is 16.0 Å². The van der Waals surface area contributed by atoms with Crippen LogP contribution in [0.5, 0.6) is 5.75 Å². The fourth-order valence-corrected chi connectivity index (χ4v) is 5.65. The van der Waals surface area contributed by atoms with Gasteiger partial charge in [0.25, 0.3) is 5.91 Å². The standard InChI is InChI=1S/C33H39N3O5/c1-5-41-26-14-11-23(12-15-26)25-13-16-27(31(37)35-30(32(38)39)24-9-7-6-8-10-24)28(19-25)34-33(40)36-29-21(3)17-20(2)18-22(29)4/h11-19,24,30H,5-10H2,1-4H3,(H,35,37)(H,38,39)(H2,34,36,40)/t30-/m0/s1. The molecule has 0 heterocycles. The highest BCUT2D eigenvalue weighted by Gasteiger charge is 2.31. The fourth-order valence-electron chi connectivity index (χ4n) is 5.65. The maximum Gasteiger partial charge on any atom is 0.326 e. The highest BCUT2D eigenvalue weighted by molar-refractivity contribution is 6.08. The molecule has 3 aromatic carbocycles. The van der Waals surface area contributed by atoms with Crippen LogP contribution in [0.3, 0.4) is 0 Å². The second-order valence-corrected chi connectivity index (χ2v) is 10.8. The lowest BCUT2D eigenvalue weighted by Crippen LogP contribution is -2.46. The van der Waals surface area contributed by atoms with E-state index in [1.807, 2.05) is 64.1 Å². The Morgan fingerprint density at radius 3 is 2.12 bits per heavy atom. The van der Waals surface area contributed by atoms with Crippen LogP contribution in [0.1, 0.15) is 66.1 Å². The lowest BCUT2D eigenvalue weighted by atomic mass is 9.83.